The van der Waals surface area contributed by atoms with Crippen molar-refractivity contribution < 1.29 is 14.3 Å². The van der Waals surface area contributed by atoms with Crippen molar-refractivity contribution in [2.75, 3.05) is 11.1 Å². The molecule has 0 aliphatic carbocycles. The van der Waals surface area contributed by atoms with Crippen LogP contribution in [0.5, 0.6) is 0 Å². The van der Waals surface area contributed by atoms with Gasteiger partial charge in [-0.15, -0.1) is 0 Å². The van der Waals surface area contributed by atoms with Crippen LogP contribution in [0.15, 0.2) is 113 Å². The lowest BCUT2D eigenvalue weighted by molar-refractivity contribution is 0.664. The molecular formula is C26H32N6O2S. The number of nitriles is 1. The van der Waals surface area contributed by atoms with Gasteiger partial charge in [0.15, 0.2) is 6.19 Å². The SMILES string of the molecule is N#CNC(=NCc1ccccn1)Nc1ccc(N)cc1.O.OSc1ccccc1-c1ccccc1.[HH].[HH].[HH]. The van der Waals surface area contributed by atoms with Gasteiger partial charge in [0, 0.05) is 38.8 Å². The first-order valence-electron chi connectivity index (χ1n) is 10.4. The van der Waals surface area contributed by atoms with Crippen molar-refractivity contribution in [2.24, 2.45) is 4.99 Å². The summed E-state index contributed by atoms with van der Waals surface area (Å²) in [5, 5.41) is 14.3. The second-order valence-electron chi connectivity index (χ2n) is 6.92. The fraction of sp³-hybridized carbons (Fsp3) is 0.0385. The van der Waals surface area contributed by atoms with Crippen LogP contribution in [-0.2, 0) is 6.54 Å². The maximum absolute atomic E-state index is 9.10. The number of rotatable bonds is 5. The van der Waals surface area contributed by atoms with Gasteiger partial charge in [0.1, 0.15) is 0 Å². The largest absolute Gasteiger partial charge is 0.412 e. The molecule has 7 N–H and O–H groups in total. The Bertz CT molecular complexity index is 1250. The van der Waals surface area contributed by atoms with Crippen LogP contribution in [0.4, 0.5) is 11.4 Å². The number of aromatic nitrogens is 1. The number of hydrogen-bond acceptors (Lipinski definition) is 6. The molecule has 184 valence electrons. The molecule has 9 heteroatoms. The van der Waals surface area contributed by atoms with Gasteiger partial charge in [-0.05, 0) is 53.6 Å². The lowest BCUT2D eigenvalue weighted by atomic mass is 10.1. The number of nitrogens with two attached hydrogens (primary N) is 1. The summed E-state index contributed by atoms with van der Waals surface area (Å²) < 4.78 is 9.10. The molecule has 0 fully saturated rings. The number of anilines is 2. The highest BCUT2D eigenvalue weighted by Crippen LogP contribution is 2.29. The maximum Gasteiger partial charge on any atom is 0.209 e. The molecule has 0 atom stereocenters. The van der Waals surface area contributed by atoms with E-state index in [-0.39, 0.29) is 9.76 Å². The molecule has 0 spiro atoms. The van der Waals surface area contributed by atoms with Crippen LogP contribution in [0.3, 0.4) is 0 Å². The van der Waals surface area contributed by atoms with Crippen molar-refractivity contribution in [1.29, 1.82) is 5.26 Å². The van der Waals surface area contributed by atoms with Gasteiger partial charge >= 0.3 is 0 Å². The van der Waals surface area contributed by atoms with Gasteiger partial charge in [-0.3, -0.25) is 10.3 Å². The average molecular weight is 493 g/mol. The molecule has 8 nitrogen and oxygen atoms in total. The van der Waals surface area contributed by atoms with E-state index in [2.05, 4.69) is 20.6 Å². The summed E-state index contributed by atoms with van der Waals surface area (Å²) in [4.78, 5) is 9.33. The minimum Gasteiger partial charge on any atom is -0.412 e. The summed E-state index contributed by atoms with van der Waals surface area (Å²) in [6, 6.07) is 30.6. The molecule has 35 heavy (non-hydrogen) atoms. The van der Waals surface area contributed by atoms with Crippen LogP contribution in [-0.4, -0.2) is 21.0 Å². The summed E-state index contributed by atoms with van der Waals surface area (Å²) in [7, 11) is 0. The van der Waals surface area contributed by atoms with Gasteiger partial charge in [0.25, 0.3) is 0 Å². The second-order valence-corrected chi connectivity index (χ2v) is 7.55. The number of nitrogens with one attached hydrogen (secondary N) is 2. The maximum atomic E-state index is 9.10. The van der Waals surface area contributed by atoms with Crippen LogP contribution in [0.1, 0.15) is 9.97 Å². The molecule has 0 saturated heterocycles. The molecule has 4 aromatic rings. The first-order valence-corrected chi connectivity index (χ1v) is 11.1. The van der Waals surface area contributed by atoms with Gasteiger partial charge in [-0.2, -0.15) is 5.26 Å². The normalized spacial score (nSPS) is 10.1. The third kappa shape index (κ3) is 8.83. The predicted octanol–water partition coefficient (Wildman–Crippen LogP) is 5.53. The van der Waals surface area contributed by atoms with Crippen molar-refractivity contribution in [3.8, 4) is 17.3 Å². The van der Waals surface area contributed by atoms with Crippen molar-refractivity contribution in [1.82, 2.24) is 10.3 Å². The fourth-order valence-corrected chi connectivity index (χ4v) is 3.34. The standard InChI is InChI=1S/C14H14N6.C12H10OS.H2O.3H2/c15-10-19-14(18-9-13-3-1-2-8-17-13)20-12-6-4-11(16)5-7-12;13-14-12-9-5-4-8-11(12)10-6-2-1-3-7-10;;;;/h1-8H,9,16H2,(H2,18,19,20);1-9,13H;1H2;3*1H. The van der Waals surface area contributed by atoms with E-state index < -0.39 is 0 Å². The molecule has 0 radical (unpaired) electrons. The quantitative estimate of drug-likeness (QED) is 0.0713. The van der Waals surface area contributed by atoms with Crippen LogP contribution < -0.4 is 16.4 Å². The molecule has 4 rings (SSSR count). The third-order valence-corrected chi connectivity index (χ3v) is 5.10. The van der Waals surface area contributed by atoms with Gasteiger partial charge in [-0.25, -0.2) is 4.99 Å². The lowest BCUT2D eigenvalue weighted by Gasteiger charge is -2.08. The molecule has 0 amide bonds. The number of aliphatic imine (C=N–C) groups is 1. The lowest BCUT2D eigenvalue weighted by Crippen LogP contribution is -2.26. The van der Waals surface area contributed by atoms with Gasteiger partial charge in [-0.1, -0.05) is 54.6 Å². The van der Waals surface area contributed by atoms with Crippen LogP contribution in [0, 0.1) is 11.5 Å². The highest BCUT2D eigenvalue weighted by molar-refractivity contribution is 7.93. The zero-order valence-electron chi connectivity index (χ0n) is 18.8. The number of pyridine rings is 1. The summed E-state index contributed by atoms with van der Waals surface area (Å²) in [6.07, 6.45) is 3.55. The zero-order chi connectivity index (χ0) is 24.0. The molecule has 0 saturated carbocycles. The van der Waals surface area contributed by atoms with Gasteiger partial charge in [0.2, 0.25) is 5.96 Å². The minimum atomic E-state index is 0. The van der Waals surface area contributed by atoms with E-state index in [1.165, 1.54) is 0 Å². The Morgan fingerprint density at radius 3 is 2.31 bits per heavy atom. The summed E-state index contributed by atoms with van der Waals surface area (Å²) in [5.41, 5.74) is 10.1. The van der Waals surface area contributed by atoms with Crippen LogP contribution in [0.25, 0.3) is 11.1 Å². The number of nitrogen functional groups attached to an aromatic ring is 1. The Morgan fingerprint density at radius 1 is 0.971 bits per heavy atom. The van der Waals surface area contributed by atoms with Crippen LogP contribution >= 0.6 is 12.0 Å². The predicted molar refractivity (Wildman–Crippen MR) is 149 cm³/mol. The Balaban J connectivity index is 0. The van der Waals surface area contributed by atoms with E-state index in [0.29, 0.717) is 18.2 Å². The van der Waals surface area contributed by atoms with Gasteiger partial charge < -0.3 is 21.1 Å². The third-order valence-electron chi connectivity index (χ3n) is 4.54. The molecular weight excluding hydrogens is 460 g/mol. The van der Waals surface area contributed by atoms with Gasteiger partial charge in [0.05, 0.1) is 12.2 Å². The molecule has 0 aliphatic rings. The zero-order valence-corrected chi connectivity index (χ0v) is 19.6. The Kier molecular flexibility index (Phi) is 11.3. The number of guanidine groups is 1. The molecule has 3 aromatic carbocycles. The van der Waals surface area contributed by atoms with E-state index in [1.54, 1.807) is 18.3 Å². The monoisotopic (exact) mass is 492 g/mol. The number of benzene rings is 3. The van der Waals surface area contributed by atoms with Crippen molar-refractivity contribution in [3.05, 3.63) is 109 Å². The average Bonchev–Trinajstić information content (AvgIpc) is 2.90. The van der Waals surface area contributed by atoms with E-state index in [9.17, 15) is 0 Å². The number of hydrogen-bond donors (Lipinski definition) is 4. The smallest absolute Gasteiger partial charge is 0.209 e. The highest BCUT2D eigenvalue weighted by atomic mass is 32.2. The Labute approximate surface area is 213 Å². The first-order chi connectivity index (χ1) is 16.7. The molecule has 1 heterocycles. The fourth-order valence-electron chi connectivity index (χ4n) is 2.92. The first kappa shape index (κ1) is 26.9. The Morgan fingerprint density at radius 2 is 1.66 bits per heavy atom. The van der Waals surface area contributed by atoms with E-state index in [4.69, 9.17) is 15.5 Å². The molecule has 0 aliphatic heterocycles. The minimum absolute atomic E-state index is 0. The van der Waals surface area contributed by atoms with E-state index >= 15 is 0 Å². The van der Waals surface area contributed by atoms with Crippen molar-refractivity contribution in [3.63, 3.8) is 0 Å². The van der Waals surface area contributed by atoms with E-state index in [0.717, 1.165) is 39.4 Å². The molecule has 0 unspecified atom stereocenters. The summed E-state index contributed by atoms with van der Waals surface area (Å²) >= 11 is 0.790. The summed E-state index contributed by atoms with van der Waals surface area (Å²) in [5.74, 6) is 0.364. The second kappa shape index (κ2) is 14.7. The number of nitrogens with zero attached hydrogens (tertiary/aromatic N) is 3. The molecule has 0 bridgehead atoms. The van der Waals surface area contributed by atoms with Crippen molar-refractivity contribution >= 4 is 29.4 Å². The molecule has 1 aromatic heterocycles. The topological polar surface area (TPSA) is 151 Å². The van der Waals surface area contributed by atoms with Crippen LogP contribution in [0.2, 0.25) is 0 Å². The summed E-state index contributed by atoms with van der Waals surface area (Å²) in [6.45, 7) is 0.382. The van der Waals surface area contributed by atoms with Crippen molar-refractivity contribution in [2.45, 2.75) is 11.4 Å². The Hall–Kier alpha value is -4.36. The highest BCUT2D eigenvalue weighted by Gasteiger charge is 2.03. The van der Waals surface area contributed by atoms with E-state index in [1.807, 2.05) is 91.1 Å².